The van der Waals surface area contributed by atoms with Crippen molar-refractivity contribution in [3.63, 3.8) is 0 Å². The molecule has 0 fully saturated rings. The summed E-state index contributed by atoms with van der Waals surface area (Å²) in [6, 6.07) is 19.0. The molecule has 27 heavy (non-hydrogen) atoms. The van der Waals surface area contributed by atoms with Gasteiger partial charge in [0.2, 0.25) is 0 Å². The van der Waals surface area contributed by atoms with Crippen molar-refractivity contribution in [2.75, 3.05) is 25.2 Å². The van der Waals surface area contributed by atoms with Crippen LogP contribution in [-0.4, -0.2) is 25.2 Å². The lowest BCUT2D eigenvalue weighted by Crippen LogP contribution is -2.36. The second-order valence-corrected chi connectivity index (χ2v) is 7.38. The summed E-state index contributed by atoms with van der Waals surface area (Å²) in [6.07, 6.45) is 1.86. The summed E-state index contributed by atoms with van der Waals surface area (Å²) < 4.78 is 11.7. The Morgan fingerprint density at radius 2 is 1.96 bits per heavy atom. The number of anilines is 1. The number of rotatable bonds is 3. The van der Waals surface area contributed by atoms with Crippen molar-refractivity contribution >= 4 is 5.69 Å². The van der Waals surface area contributed by atoms with Gasteiger partial charge >= 0.3 is 0 Å². The molecule has 1 atom stereocenters. The van der Waals surface area contributed by atoms with Crippen LogP contribution in [0.15, 0.2) is 60.8 Å². The first-order valence-corrected chi connectivity index (χ1v) is 9.27. The van der Waals surface area contributed by atoms with E-state index in [1.807, 2.05) is 24.4 Å². The van der Waals surface area contributed by atoms with Gasteiger partial charge in [0, 0.05) is 30.1 Å². The van der Waals surface area contributed by atoms with E-state index in [0.717, 1.165) is 35.8 Å². The Bertz CT molecular complexity index is 1000. The zero-order valence-corrected chi connectivity index (χ0v) is 15.6. The lowest BCUT2D eigenvalue weighted by atomic mass is 9.77. The number of pyridine rings is 1. The van der Waals surface area contributed by atoms with E-state index in [9.17, 15) is 0 Å². The zero-order valence-electron chi connectivity index (χ0n) is 15.6. The molecule has 4 heteroatoms. The minimum Gasteiger partial charge on any atom is -0.496 e. The number of benzene rings is 2. The van der Waals surface area contributed by atoms with E-state index >= 15 is 0 Å². The largest absolute Gasteiger partial charge is 0.496 e. The Labute approximate surface area is 159 Å². The molecule has 0 N–H and O–H groups in total. The van der Waals surface area contributed by atoms with Crippen LogP contribution in [0.5, 0.6) is 11.5 Å². The van der Waals surface area contributed by atoms with Gasteiger partial charge in [-0.25, -0.2) is 0 Å². The van der Waals surface area contributed by atoms with Crippen molar-refractivity contribution in [2.45, 2.75) is 18.9 Å². The number of aryl methyl sites for hydroxylation is 1. The topological polar surface area (TPSA) is 34.6 Å². The van der Waals surface area contributed by atoms with Crippen molar-refractivity contribution in [3.8, 4) is 11.5 Å². The lowest BCUT2D eigenvalue weighted by Gasteiger charge is -2.25. The molecular weight excluding hydrogens is 336 g/mol. The smallest absolute Gasteiger partial charge is 0.127 e. The van der Waals surface area contributed by atoms with Gasteiger partial charge in [-0.3, -0.25) is 4.98 Å². The normalized spacial score (nSPS) is 19.7. The number of fused-ring (bicyclic) bond motifs is 4. The summed E-state index contributed by atoms with van der Waals surface area (Å²) in [7, 11) is 1.71. The highest BCUT2D eigenvalue weighted by molar-refractivity contribution is 5.70. The monoisotopic (exact) mass is 358 g/mol. The number of methoxy groups -OCH3 is 1. The molecule has 0 saturated heterocycles. The van der Waals surface area contributed by atoms with Gasteiger partial charge < -0.3 is 14.4 Å². The molecule has 0 amide bonds. The van der Waals surface area contributed by atoms with Crippen LogP contribution in [-0.2, 0) is 12.0 Å². The number of hydrogen-bond acceptors (Lipinski definition) is 4. The fraction of sp³-hybridized carbons (Fsp3) is 0.261. The minimum absolute atomic E-state index is 0.141. The summed E-state index contributed by atoms with van der Waals surface area (Å²) in [6.45, 7) is 4.44. The molecule has 0 radical (unpaired) electrons. The average Bonchev–Trinajstić information content (AvgIpc) is 3.21. The summed E-state index contributed by atoms with van der Waals surface area (Å²) in [4.78, 5) is 6.95. The van der Waals surface area contributed by atoms with Gasteiger partial charge in [0.25, 0.3) is 0 Å². The SMILES string of the molecule is COc1cc2c(cc1C)C1(CO2)CN(Cc2ccccn2)c2ccccc21. The van der Waals surface area contributed by atoms with Crippen LogP contribution in [0.3, 0.4) is 0 Å². The van der Waals surface area contributed by atoms with Crippen LogP contribution in [0.1, 0.15) is 22.4 Å². The molecule has 5 rings (SSSR count). The molecule has 2 aromatic carbocycles. The molecule has 3 heterocycles. The van der Waals surface area contributed by atoms with E-state index in [1.165, 1.54) is 16.8 Å². The molecule has 136 valence electrons. The highest BCUT2D eigenvalue weighted by atomic mass is 16.5. The molecule has 0 aliphatic carbocycles. The molecule has 1 aromatic heterocycles. The Kier molecular flexibility index (Phi) is 3.61. The highest BCUT2D eigenvalue weighted by Crippen LogP contribution is 2.52. The van der Waals surface area contributed by atoms with E-state index in [1.54, 1.807) is 7.11 Å². The molecule has 2 aliphatic heterocycles. The first-order valence-electron chi connectivity index (χ1n) is 9.27. The van der Waals surface area contributed by atoms with E-state index in [4.69, 9.17) is 9.47 Å². The zero-order chi connectivity index (χ0) is 18.4. The molecule has 3 aromatic rings. The number of nitrogens with zero attached hydrogens (tertiary/aromatic N) is 2. The maximum Gasteiger partial charge on any atom is 0.127 e. The van der Waals surface area contributed by atoms with Crippen molar-refractivity contribution in [1.82, 2.24) is 4.98 Å². The summed E-state index contributed by atoms with van der Waals surface area (Å²) >= 11 is 0. The van der Waals surface area contributed by atoms with Gasteiger partial charge in [0.15, 0.2) is 0 Å². The van der Waals surface area contributed by atoms with Crippen LogP contribution in [0, 0.1) is 6.92 Å². The van der Waals surface area contributed by atoms with Crippen molar-refractivity contribution < 1.29 is 9.47 Å². The number of hydrogen-bond donors (Lipinski definition) is 0. The first-order chi connectivity index (χ1) is 13.2. The molecule has 1 spiro atoms. The Hall–Kier alpha value is -3.01. The second-order valence-electron chi connectivity index (χ2n) is 7.38. The molecule has 4 nitrogen and oxygen atoms in total. The number of aromatic nitrogens is 1. The molecule has 0 bridgehead atoms. The third-order valence-electron chi connectivity index (χ3n) is 5.79. The predicted octanol–water partition coefficient (Wildman–Crippen LogP) is 4.10. The van der Waals surface area contributed by atoms with E-state index in [0.29, 0.717) is 6.61 Å². The van der Waals surface area contributed by atoms with Crippen LogP contribution < -0.4 is 14.4 Å². The van der Waals surface area contributed by atoms with E-state index < -0.39 is 0 Å². The molecule has 0 saturated carbocycles. The van der Waals surface area contributed by atoms with Gasteiger partial charge in [-0.05, 0) is 42.3 Å². The van der Waals surface area contributed by atoms with Crippen LogP contribution >= 0.6 is 0 Å². The van der Waals surface area contributed by atoms with Crippen molar-refractivity contribution in [2.24, 2.45) is 0 Å². The summed E-state index contributed by atoms with van der Waals surface area (Å²) in [5, 5.41) is 0. The Morgan fingerprint density at radius 1 is 1.11 bits per heavy atom. The van der Waals surface area contributed by atoms with Gasteiger partial charge in [0.1, 0.15) is 18.1 Å². The maximum atomic E-state index is 6.17. The van der Waals surface area contributed by atoms with Gasteiger partial charge in [-0.15, -0.1) is 0 Å². The van der Waals surface area contributed by atoms with Crippen molar-refractivity contribution in [3.05, 3.63) is 83.2 Å². The van der Waals surface area contributed by atoms with Gasteiger partial charge in [0.05, 0.1) is 24.8 Å². The molecule has 1 unspecified atom stereocenters. The third-order valence-corrected chi connectivity index (χ3v) is 5.79. The molecular formula is C23H22N2O2. The quantitative estimate of drug-likeness (QED) is 0.706. The van der Waals surface area contributed by atoms with E-state index in [2.05, 4.69) is 53.2 Å². The summed E-state index contributed by atoms with van der Waals surface area (Å²) in [5.41, 5.74) is 5.95. The highest BCUT2D eigenvalue weighted by Gasteiger charge is 2.49. The number of para-hydroxylation sites is 1. The summed E-state index contributed by atoms with van der Waals surface area (Å²) in [5.74, 6) is 1.81. The number of ether oxygens (including phenoxy) is 2. The standard InChI is InChI=1S/C23H22N2O2/c1-16-11-19-22(12-21(16)26-2)27-15-23(19)14-25(13-17-7-5-6-10-24-17)20-9-4-3-8-18(20)23/h3-12H,13-15H2,1-2H3. The Balaban J connectivity index is 1.60. The van der Waals surface area contributed by atoms with Gasteiger partial charge in [-0.1, -0.05) is 24.3 Å². The average molecular weight is 358 g/mol. The second kappa shape index (κ2) is 6.02. The Morgan fingerprint density at radius 3 is 2.78 bits per heavy atom. The van der Waals surface area contributed by atoms with E-state index in [-0.39, 0.29) is 5.41 Å². The van der Waals surface area contributed by atoms with Gasteiger partial charge in [-0.2, -0.15) is 0 Å². The van der Waals surface area contributed by atoms with Crippen LogP contribution in [0.2, 0.25) is 0 Å². The van der Waals surface area contributed by atoms with Crippen LogP contribution in [0.4, 0.5) is 5.69 Å². The molecule has 2 aliphatic rings. The maximum absolute atomic E-state index is 6.17. The fourth-order valence-electron chi connectivity index (χ4n) is 4.49. The first kappa shape index (κ1) is 16.2. The van der Waals surface area contributed by atoms with Crippen LogP contribution in [0.25, 0.3) is 0 Å². The lowest BCUT2D eigenvalue weighted by molar-refractivity contribution is 0.298. The fourth-order valence-corrected chi connectivity index (χ4v) is 4.49. The third kappa shape index (κ3) is 2.40. The predicted molar refractivity (Wildman–Crippen MR) is 106 cm³/mol. The minimum atomic E-state index is -0.141. The van der Waals surface area contributed by atoms with Crippen molar-refractivity contribution in [1.29, 1.82) is 0 Å².